The Morgan fingerprint density at radius 2 is 2.00 bits per heavy atom. The minimum Gasteiger partial charge on any atom is -0.234 e. The first kappa shape index (κ1) is 10.4. The van der Waals surface area contributed by atoms with Gasteiger partial charge in [-0.25, -0.2) is 4.79 Å². The third-order valence-electron chi connectivity index (χ3n) is 2.13. The molecule has 0 fully saturated rings. The van der Waals surface area contributed by atoms with Crippen LogP contribution in [0.3, 0.4) is 0 Å². The van der Waals surface area contributed by atoms with E-state index >= 15 is 0 Å². The van der Waals surface area contributed by atoms with Gasteiger partial charge in [-0.3, -0.25) is 0 Å². The van der Waals surface area contributed by atoms with Gasteiger partial charge in [-0.15, -0.1) is 0 Å². The van der Waals surface area contributed by atoms with Crippen molar-refractivity contribution in [3.05, 3.63) is 5.57 Å². The van der Waals surface area contributed by atoms with E-state index in [0.29, 0.717) is 5.92 Å². The van der Waals surface area contributed by atoms with Crippen LogP contribution in [0.25, 0.3) is 0 Å². The molecule has 0 aliphatic heterocycles. The van der Waals surface area contributed by atoms with Crippen LogP contribution >= 0.6 is 0 Å². The number of allylic oxidation sites excluding steroid dienone is 1. The average molecular weight is 154 g/mol. The standard InChI is InChI=1S/C10H18O/c1-4-7-9(5-2)10(6-3)8-11/h9H,4-7H2,1-3H3. The topological polar surface area (TPSA) is 17.1 Å². The largest absolute Gasteiger partial charge is 0.234 e. The van der Waals surface area contributed by atoms with Crippen molar-refractivity contribution in [3.63, 3.8) is 0 Å². The Morgan fingerprint density at radius 3 is 2.27 bits per heavy atom. The van der Waals surface area contributed by atoms with Crippen molar-refractivity contribution >= 4 is 5.94 Å². The van der Waals surface area contributed by atoms with Gasteiger partial charge < -0.3 is 0 Å². The van der Waals surface area contributed by atoms with E-state index in [-0.39, 0.29) is 0 Å². The summed E-state index contributed by atoms with van der Waals surface area (Å²) in [5, 5.41) is 0. The maximum atomic E-state index is 10.4. The van der Waals surface area contributed by atoms with Gasteiger partial charge in [0, 0.05) is 5.57 Å². The van der Waals surface area contributed by atoms with E-state index < -0.39 is 0 Å². The Labute approximate surface area is 69.5 Å². The van der Waals surface area contributed by atoms with Crippen molar-refractivity contribution in [2.24, 2.45) is 5.92 Å². The van der Waals surface area contributed by atoms with Crippen molar-refractivity contribution in [1.82, 2.24) is 0 Å². The highest BCUT2D eigenvalue weighted by atomic mass is 16.1. The number of rotatable bonds is 5. The molecule has 0 aromatic rings. The predicted octanol–water partition coefficient (Wildman–Crippen LogP) is 2.98. The molecule has 0 aromatic carbocycles. The van der Waals surface area contributed by atoms with Gasteiger partial charge >= 0.3 is 0 Å². The van der Waals surface area contributed by atoms with Crippen LogP contribution in [0.1, 0.15) is 46.5 Å². The monoisotopic (exact) mass is 154 g/mol. The SMILES string of the molecule is CCCC(CC)C(=C=O)CC. The van der Waals surface area contributed by atoms with E-state index in [1.165, 1.54) is 0 Å². The molecule has 0 aliphatic rings. The first-order valence-corrected chi connectivity index (χ1v) is 4.53. The zero-order valence-electron chi connectivity index (χ0n) is 7.81. The molecular weight excluding hydrogens is 136 g/mol. The third-order valence-corrected chi connectivity index (χ3v) is 2.13. The molecule has 0 radical (unpaired) electrons. The van der Waals surface area contributed by atoms with Gasteiger partial charge in [0.05, 0.1) is 0 Å². The first-order chi connectivity index (χ1) is 5.29. The summed E-state index contributed by atoms with van der Waals surface area (Å²) in [7, 11) is 0. The van der Waals surface area contributed by atoms with Gasteiger partial charge in [0.15, 0.2) is 0 Å². The van der Waals surface area contributed by atoms with E-state index in [4.69, 9.17) is 0 Å². The van der Waals surface area contributed by atoms with Crippen molar-refractivity contribution in [1.29, 1.82) is 0 Å². The lowest BCUT2D eigenvalue weighted by Gasteiger charge is -2.12. The van der Waals surface area contributed by atoms with Crippen LogP contribution in [0.15, 0.2) is 5.57 Å². The van der Waals surface area contributed by atoms with Crippen molar-refractivity contribution in [2.45, 2.75) is 46.5 Å². The van der Waals surface area contributed by atoms with Gasteiger partial charge in [-0.2, -0.15) is 0 Å². The van der Waals surface area contributed by atoms with Crippen molar-refractivity contribution in [3.8, 4) is 0 Å². The van der Waals surface area contributed by atoms with Crippen LogP contribution < -0.4 is 0 Å². The van der Waals surface area contributed by atoms with Crippen LogP contribution in [0.5, 0.6) is 0 Å². The maximum Gasteiger partial charge on any atom is 0.123 e. The van der Waals surface area contributed by atoms with E-state index in [2.05, 4.69) is 19.8 Å². The molecule has 0 aliphatic carbocycles. The van der Waals surface area contributed by atoms with Crippen LogP contribution in [0, 0.1) is 5.92 Å². The van der Waals surface area contributed by atoms with Crippen LogP contribution in [-0.4, -0.2) is 5.94 Å². The molecule has 0 N–H and O–H groups in total. The van der Waals surface area contributed by atoms with Crippen LogP contribution in [-0.2, 0) is 4.79 Å². The molecule has 0 saturated heterocycles. The average Bonchev–Trinajstić information content (AvgIpc) is 2.05. The van der Waals surface area contributed by atoms with Gasteiger partial charge in [0.1, 0.15) is 5.94 Å². The Morgan fingerprint density at radius 1 is 1.36 bits per heavy atom. The second kappa shape index (κ2) is 6.18. The minimum atomic E-state index is 0.488. The van der Waals surface area contributed by atoms with E-state index in [0.717, 1.165) is 31.3 Å². The molecule has 64 valence electrons. The molecule has 11 heavy (non-hydrogen) atoms. The highest BCUT2D eigenvalue weighted by molar-refractivity contribution is 5.53. The van der Waals surface area contributed by atoms with Crippen LogP contribution in [0.2, 0.25) is 0 Å². The van der Waals surface area contributed by atoms with E-state index in [1.54, 1.807) is 0 Å². The number of carbonyl (C=O) groups excluding carboxylic acids is 1. The molecule has 1 nitrogen and oxygen atoms in total. The maximum absolute atomic E-state index is 10.4. The Kier molecular flexibility index (Phi) is 5.87. The van der Waals surface area contributed by atoms with Gasteiger partial charge in [-0.05, 0) is 25.2 Å². The fraction of sp³-hybridized carbons (Fsp3) is 0.800. The minimum absolute atomic E-state index is 0.488. The number of hydrogen-bond acceptors (Lipinski definition) is 1. The molecule has 0 bridgehead atoms. The summed E-state index contributed by atoms with van der Waals surface area (Å²) in [6, 6.07) is 0. The third kappa shape index (κ3) is 3.38. The van der Waals surface area contributed by atoms with Gasteiger partial charge in [0.2, 0.25) is 0 Å². The second-order valence-corrected chi connectivity index (χ2v) is 2.87. The fourth-order valence-corrected chi connectivity index (χ4v) is 1.42. The zero-order valence-corrected chi connectivity index (χ0v) is 7.81. The normalized spacial score (nSPS) is 12.3. The Bertz CT molecular complexity index is 143. The molecule has 0 amide bonds. The van der Waals surface area contributed by atoms with Crippen LogP contribution in [0.4, 0.5) is 0 Å². The quantitative estimate of drug-likeness (QED) is 0.556. The molecule has 0 spiro atoms. The van der Waals surface area contributed by atoms with Gasteiger partial charge in [-0.1, -0.05) is 27.2 Å². The Hall–Kier alpha value is -0.550. The first-order valence-electron chi connectivity index (χ1n) is 4.53. The summed E-state index contributed by atoms with van der Waals surface area (Å²) in [5.74, 6) is 2.54. The summed E-state index contributed by atoms with van der Waals surface area (Å²) >= 11 is 0. The second-order valence-electron chi connectivity index (χ2n) is 2.87. The summed E-state index contributed by atoms with van der Waals surface area (Å²) in [6.07, 6.45) is 4.23. The fourth-order valence-electron chi connectivity index (χ4n) is 1.42. The van der Waals surface area contributed by atoms with E-state index in [1.807, 2.05) is 6.92 Å². The summed E-state index contributed by atoms with van der Waals surface area (Å²) in [4.78, 5) is 10.4. The molecule has 1 atom stereocenters. The smallest absolute Gasteiger partial charge is 0.123 e. The molecule has 1 unspecified atom stereocenters. The summed E-state index contributed by atoms with van der Waals surface area (Å²) < 4.78 is 0. The predicted molar refractivity (Wildman–Crippen MR) is 48.2 cm³/mol. The summed E-state index contributed by atoms with van der Waals surface area (Å²) in [6.45, 7) is 6.31. The molecule has 0 aromatic heterocycles. The molecule has 0 heterocycles. The Balaban J connectivity index is 4.10. The lowest BCUT2D eigenvalue weighted by atomic mass is 9.91. The zero-order chi connectivity index (χ0) is 8.69. The number of hydrogen-bond donors (Lipinski definition) is 0. The highest BCUT2D eigenvalue weighted by Crippen LogP contribution is 2.20. The lowest BCUT2D eigenvalue weighted by molar-refractivity contribution is 0.512. The van der Waals surface area contributed by atoms with Crippen molar-refractivity contribution < 1.29 is 4.79 Å². The molecule has 0 saturated carbocycles. The molecule has 1 heteroatoms. The molecule has 0 rings (SSSR count). The highest BCUT2D eigenvalue weighted by Gasteiger charge is 2.09. The van der Waals surface area contributed by atoms with Gasteiger partial charge in [0.25, 0.3) is 0 Å². The lowest BCUT2D eigenvalue weighted by Crippen LogP contribution is -2.02. The molecular formula is C10H18O. The van der Waals surface area contributed by atoms with E-state index in [9.17, 15) is 4.79 Å². The van der Waals surface area contributed by atoms with Crippen molar-refractivity contribution in [2.75, 3.05) is 0 Å². The summed E-state index contributed by atoms with van der Waals surface area (Å²) in [5.41, 5.74) is 0.967.